The summed E-state index contributed by atoms with van der Waals surface area (Å²) < 4.78 is 5.40. The van der Waals surface area contributed by atoms with Gasteiger partial charge in [0.15, 0.2) is 0 Å². The van der Waals surface area contributed by atoms with Crippen molar-refractivity contribution < 1.29 is 19.7 Å². The van der Waals surface area contributed by atoms with E-state index in [9.17, 15) is 15.0 Å². The zero-order valence-electron chi connectivity index (χ0n) is 15.0. The molecule has 0 saturated carbocycles. The third-order valence-corrected chi connectivity index (χ3v) is 4.88. The third-order valence-electron chi connectivity index (χ3n) is 4.55. The summed E-state index contributed by atoms with van der Waals surface area (Å²) in [6, 6.07) is 1.63. The molecule has 1 saturated heterocycles. The van der Waals surface area contributed by atoms with E-state index in [0.717, 1.165) is 0 Å². The van der Waals surface area contributed by atoms with Gasteiger partial charge in [-0.05, 0) is 45.6 Å². The summed E-state index contributed by atoms with van der Waals surface area (Å²) in [6.45, 7) is 6.33. The minimum atomic E-state index is -1.26. The van der Waals surface area contributed by atoms with Crippen LogP contribution in [0, 0.1) is 5.92 Å². The van der Waals surface area contributed by atoms with Crippen molar-refractivity contribution in [1.29, 1.82) is 0 Å². The molecule has 7 heteroatoms. The molecule has 2 rings (SSSR count). The number of likely N-dealkylation sites (tertiary alicyclic amines) is 1. The van der Waals surface area contributed by atoms with Crippen molar-refractivity contribution in [2.24, 2.45) is 5.92 Å². The largest absolute Gasteiger partial charge is 0.444 e. The lowest BCUT2D eigenvalue weighted by Crippen LogP contribution is -2.47. The fourth-order valence-electron chi connectivity index (χ4n) is 3.29. The highest BCUT2D eigenvalue weighted by Crippen LogP contribution is 2.41. The fourth-order valence-corrected chi connectivity index (χ4v) is 3.56. The molecule has 0 aliphatic carbocycles. The van der Waals surface area contributed by atoms with E-state index in [4.69, 9.17) is 16.3 Å². The molecule has 1 aliphatic heterocycles. The summed E-state index contributed by atoms with van der Waals surface area (Å²) in [4.78, 5) is 17.9. The Kier molecular flexibility index (Phi) is 6.30. The van der Waals surface area contributed by atoms with E-state index >= 15 is 0 Å². The van der Waals surface area contributed by atoms with Gasteiger partial charge in [-0.25, -0.2) is 4.79 Å². The van der Waals surface area contributed by atoms with Gasteiger partial charge in [-0.2, -0.15) is 0 Å². The molecule has 1 atom stereocenters. The second-order valence-corrected chi connectivity index (χ2v) is 7.90. The number of carbonyl (C=O) groups excluding carboxylic acids is 1. The van der Waals surface area contributed by atoms with Crippen molar-refractivity contribution in [3.05, 3.63) is 29.0 Å². The van der Waals surface area contributed by atoms with Crippen LogP contribution in [0.4, 0.5) is 4.79 Å². The maximum atomic E-state index is 12.2. The van der Waals surface area contributed by atoms with Crippen molar-refractivity contribution in [2.45, 2.75) is 51.2 Å². The summed E-state index contributed by atoms with van der Waals surface area (Å²) in [5.74, 6) is -0.125. The summed E-state index contributed by atoms with van der Waals surface area (Å²) in [5.41, 5.74) is -1.27. The van der Waals surface area contributed by atoms with Gasteiger partial charge >= 0.3 is 6.09 Å². The molecular formula is C18H27ClN2O4. The Morgan fingerprint density at radius 2 is 2.04 bits per heavy atom. The number of rotatable bonds is 4. The molecule has 6 nitrogen and oxygen atoms in total. The molecule has 0 bridgehead atoms. The quantitative estimate of drug-likeness (QED) is 0.851. The van der Waals surface area contributed by atoms with Gasteiger partial charge in [0.25, 0.3) is 0 Å². The molecule has 0 radical (unpaired) electrons. The molecule has 1 unspecified atom stereocenters. The number of ether oxygens (including phenoxy) is 1. The predicted octanol–water partition coefficient (Wildman–Crippen LogP) is 2.95. The molecule has 2 N–H and O–H groups in total. The van der Waals surface area contributed by atoms with E-state index in [1.165, 1.54) is 0 Å². The Bertz CT molecular complexity index is 597. The van der Waals surface area contributed by atoms with Gasteiger partial charge in [-0.15, -0.1) is 0 Å². The van der Waals surface area contributed by atoms with Crippen LogP contribution in [0.1, 0.15) is 45.6 Å². The van der Waals surface area contributed by atoms with Gasteiger partial charge in [0.2, 0.25) is 0 Å². The average Bonchev–Trinajstić information content (AvgIpc) is 2.54. The van der Waals surface area contributed by atoms with E-state index in [1.807, 2.05) is 20.8 Å². The summed E-state index contributed by atoms with van der Waals surface area (Å²) >= 11 is 6.25. The lowest BCUT2D eigenvalue weighted by atomic mass is 9.74. The first kappa shape index (κ1) is 19.9. The SMILES string of the molecule is CC(C)(C)OC(=O)N1CCC(C(O)(CCO)c2cnccc2Cl)CC1. The molecule has 1 fully saturated rings. The van der Waals surface area contributed by atoms with Crippen LogP contribution in [-0.4, -0.2) is 51.5 Å². The van der Waals surface area contributed by atoms with E-state index < -0.39 is 11.2 Å². The number of piperidine rings is 1. The van der Waals surface area contributed by atoms with Crippen molar-refractivity contribution >= 4 is 17.7 Å². The van der Waals surface area contributed by atoms with Crippen LogP contribution >= 0.6 is 11.6 Å². The van der Waals surface area contributed by atoms with E-state index in [-0.39, 0.29) is 25.0 Å². The average molecular weight is 371 g/mol. The first-order chi connectivity index (χ1) is 11.7. The predicted molar refractivity (Wildman–Crippen MR) is 95.4 cm³/mol. The van der Waals surface area contributed by atoms with Gasteiger partial charge < -0.3 is 19.8 Å². The second-order valence-electron chi connectivity index (χ2n) is 7.50. The van der Waals surface area contributed by atoms with Crippen molar-refractivity contribution in [3.8, 4) is 0 Å². The number of aliphatic hydroxyl groups is 2. The molecule has 2 heterocycles. The third kappa shape index (κ3) is 4.84. The number of amides is 1. The van der Waals surface area contributed by atoms with Gasteiger partial charge in [-0.1, -0.05) is 11.6 Å². The molecule has 1 aromatic rings. The Balaban J connectivity index is 2.11. The summed E-state index contributed by atoms with van der Waals surface area (Å²) in [7, 11) is 0. The molecule has 1 amide bonds. The van der Waals surface area contributed by atoms with E-state index in [0.29, 0.717) is 36.5 Å². The number of hydrogen-bond acceptors (Lipinski definition) is 5. The van der Waals surface area contributed by atoms with Crippen LogP contribution in [0.3, 0.4) is 0 Å². The van der Waals surface area contributed by atoms with Crippen LogP contribution in [0.15, 0.2) is 18.5 Å². The Morgan fingerprint density at radius 1 is 1.40 bits per heavy atom. The minimum absolute atomic E-state index is 0.125. The molecule has 140 valence electrons. The molecule has 0 aromatic carbocycles. The van der Waals surface area contributed by atoms with Crippen LogP contribution in [0.25, 0.3) is 0 Å². The highest BCUT2D eigenvalue weighted by atomic mass is 35.5. The number of pyridine rings is 1. The summed E-state index contributed by atoms with van der Waals surface area (Å²) in [6.07, 6.45) is 4.16. The number of aromatic nitrogens is 1. The fraction of sp³-hybridized carbons (Fsp3) is 0.667. The van der Waals surface area contributed by atoms with Crippen molar-refractivity contribution in [2.75, 3.05) is 19.7 Å². The second kappa shape index (κ2) is 7.89. The lowest BCUT2D eigenvalue weighted by molar-refractivity contribution is -0.0662. The smallest absolute Gasteiger partial charge is 0.410 e. The van der Waals surface area contributed by atoms with Crippen LogP contribution in [0.5, 0.6) is 0 Å². The lowest BCUT2D eigenvalue weighted by Gasteiger charge is -2.42. The van der Waals surface area contributed by atoms with Crippen molar-refractivity contribution in [3.63, 3.8) is 0 Å². The van der Waals surface area contributed by atoms with Crippen LogP contribution < -0.4 is 0 Å². The standard InChI is InChI=1S/C18H27ClN2O4/c1-17(2,3)25-16(23)21-9-5-13(6-10-21)18(24,7-11-22)14-12-20-8-4-15(14)19/h4,8,12-13,22,24H,5-7,9-11H2,1-3H3. The van der Waals surface area contributed by atoms with Gasteiger partial charge in [0, 0.05) is 49.1 Å². The minimum Gasteiger partial charge on any atom is -0.444 e. The van der Waals surface area contributed by atoms with Crippen molar-refractivity contribution in [1.82, 2.24) is 9.88 Å². The normalized spacial score (nSPS) is 18.7. The Labute approximate surface area is 153 Å². The molecule has 25 heavy (non-hydrogen) atoms. The Hall–Kier alpha value is -1.37. The van der Waals surface area contributed by atoms with E-state index in [1.54, 1.807) is 23.4 Å². The zero-order valence-corrected chi connectivity index (χ0v) is 15.8. The number of hydrogen-bond donors (Lipinski definition) is 2. The van der Waals surface area contributed by atoms with Gasteiger partial charge in [0.05, 0.1) is 5.60 Å². The first-order valence-electron chi connectivity index (χ1n) is 8.58. The maximum absolute atomic E-state index is 12.2. The van der Waals surface area contributed by atoms with E-state index in [2.05, 4.69) is 4.98 Å². The number of halogens is 1. The highest BCUT2D eigenvalue weighted by molar-refractivity contribution is 6.31. The van der Waals surface area contributed by atoms with Gasteiger partial charge in [-0.3, -0.25) is 4.98 Å². The maximum Gasteiger partial charge on any atom is 0.410 e. The van der Waals surface area contributed by atoms with Gasteiger partial charge in [0.1, 0.15) is 5.60 Å². The molecule has 1 aliphatic rings. The first-order valence-corrected chi connectivity index (χ1v) is 8.96. The zero-order chi connectivity index (χ0) is 18.7. The van der Waals surface area contributed by atoms with Crippen LogP contribution in [0.2, 0.25) is 5.02 Å². The van der Waals surface area contributed by atoms with Crippen LogP contribution in [-0.2, 0) is 10.3 Å². The Morgan fingerprint density at radius 3 is 2.56 bits per heavy atom. The number of aliphatic hydroxyl groups excluding tert-OH is 1. The highest BCUT2D eigenvalue weighted by Gasteiger charge is 2.42. The monoisotopic (exact) mass is 370 g/mol. The number of nitrogens with zero attached hydrogens (tertiary/aromatic N) is 2. The number of carbonyl (C=O) groups is 1. The molecule has 0 spiro atoms. The molecular weight excluding hydrogens is 344 g/mol. The summed E-state index contributed by atoms with van der Waals surface area (Å²) in [5, 5.41) is 21.2. The topological polar surface area (TPSA) is 82.9 Å². The molecule has 1 aromatic heterocycles.